The maximum absolute atomic E-state index is 13.0. The van der Waals surface area contributed by atoms with Crippen molar-refractivity contribution in [2.45, 2.75) is 31.7 Å². The molecule has 0 unspecified atom stereocenters. The summed E-state index contributed by atoms with van der Waals surface area (Å²) in [6, 6.07) is 12.7. The normalized spacial score (nSPS) is 13.7. The average molecular weight is 472 g/mol. The van der Waals surface area contributed by atoms with Gasteiger partial charge in [0.1, 0.15) is 0 Å². The lowest BCUT2D eigenvalue weighted by Gasteiger charge is -2.26. The Morgan fingerprint density at radius 2 is 1.81 bits per heavy atom. The molecular weight excluding hydrogens is 442 g/mol. The molecule has 3 amide bonds. The zero-order valence-electron chi connectivity index (χ0n) is 18.6. The summed E-state index contributed by atoms with van der Waals surface area (Å²) in [5, 5.41) is 5.81. The van der Waals surface area contributed by atoms with Crippen LogP contribution in [0.2, 0.25) is 0 Å². The van der Waals surface area contributed by atoms with Crippen molar-refractivity contribution in [2.75, 3.05) is 35.7 Å². The molecule has 8 heteroatoms. The first kappa shape index (κ1) is 24.2. The number of carbonyl (C=O) groups excluding carboxylic acids is 3. The van der Waals surface area contributed by atoms with E-state index in [1.807, 2.05) is 55.6 Å². The second-order valence-corrected chi connectivity index (χ2v) is 10.1. The van der Waals surface area contributed by atoms with Crippen molar-refractivity contribution in [2.24, 2.45) is 0 Å². The first-order valence-corrected chi connectivity index (χ1v) is 12.8. The second kappa shape index (κ2) is 11.4. The predicted molar refractivity (Wildman–Crippen MR) is 133 cm³/mol. The molecule has 0 bridgehead atoms. The van der Waals surface area contributed by atoms with Gasteiger partial charge in [-0.2, -0.15) is 11.8 Å². The topological polar surface area (TPSA) is 78.5 Å². The average Bonchev–Trinajstić information content (AvgIpc) is 2.78. The van der Waals surface area contributed by atoms with E-state index in [-0.39, 0.29) is 29.5 Å². The fourth-order valence-corrected chi connectivity index (χ4v) is 5.13. The molecule has 2 N–H and O–H groups in total. The smallest absolute Gasteiger partial charge is 0.256 e. The van der Waals surface area contributed by atoms with Crippen LogP contribution in [0.5, 0.6) is 0 Å². The molecule has 1 saturated heterocycles. The molecule has 0 atom stereocenters. The number of hydrogen-bond donors (Lipinski definition) is 2. The van der Waals surface area contributed by atoms with Gasteiger partial charge in [0.05, 0.1) is 11.3 Å². The lowest BCUT2D eigenvalue weighted by molar-refractivity contribution is -0.119. The van der Waals surface area contributed by atoms with Crippen molar-refractivity contribution in [3.05, 3.63) is 59.2 Å². The quantitative estimate of drug-likeness (QED) is 0.596. The number of nitrogens with one attached hydrogen (secondary N) is 2. The molecule has 0 aromatic heterocycles. The van der Waals surface area contributed by atoms with Gasteiger partial charge in [-0.25, -0.2) is 0 Å². The number of nitrogens with zero attached hydrogens (tertiary/aromatic N) is 1. The minimum absolute atomic E-state index is 0.0349. The predicted octanol–water partition coefficient (Wildman–Crippen LogP) is 4.05. The molecule has 1 heterocycles. The number of anilines is 1. The van der Waals surface area contributed by atoms with E-state index in [0.29, 0.717) is 16.8 Å². The standard InChI is InChI=1S/C24H29N3O3S2/c1-16(2)25-22(28)15-32-21-7-5-4-6-19(21)23(29)26-20-9-8-18(14-17(20)3)24(30)27-10-12-31-13-11-27/h4-9,14,16H,10-13,15H2,1-3H3,(H,25,28)(H,26,29). The molecule has 6 nitrogen and oxygen atoms in total. The summed E-state index contributed by atoms with van der Waals surface area (Å²) in [7, 11) is 0. The Balaban J connectivity index is 1.68. The van der Waals surface area contributed by atoms with Gasteiger partial charge in [0.15, 0.2) is 0 Å². The monoisotopic (exact) mass is 471 g/mol. The summed E-state index contributed by atoms with van der Waals surface area (Å²) in [5.41, 5.74) is 2.65. The van der Waals surface area contributed by atoms with Crippen LogP contribution in [0.1, 0.15) is 40.1 Å². The molecule has 1 fully saturated rings. The highest BCUT2D eigenvalue weighted by Crippen LogP contribution is 2.25. The van der Waals surface area contributed by atoms with Crippen LogP contribution >= 0.6 is 23.5 Å². The lowest BCUT2D eigenvalue weighted by atomic mass is 10.1. The molecule has 1 aliphatic heterocycles. The Morgan fingerprint density at radius 1 is 1.09 bits per heavy atom. The highest BCUT2D eigenvalue weighted by atomic mass is 32.2. The summed E-state index contributed by atoms with van der Waals surface area (Å²) < 4.78 is 0. The SMILES string of the molecule is Cc1cc(C(=O)N2CCSCC2)ccc1NC(=O)c1ccccc1SCC(=O)NC(C)C. The second-order valence-electron chi connectivity index (χ2n) is 7.90. The van der Waals surface area contributed by atoms with E-state index in [1.54, 1.807) is 24.3 Å². The van der Waals surface area contributed by atoms with Crippen LogP contribution in [0.25, 0.3) is 0 Å². The minimum Gasteiger partial charge on any atom is -0.353 e. The van der Waals surface area contributed by atoms with Gasteiger partial charge in [-0.15, -0.1) is 11.8 Å². The molecule has 2 aromatic carbocycles. The molecular formula is C24H29N3O3S2. The maximum Gasteiger partial charge on any atom is 0.256 e. The molecule has 0 radical (unpaired) electrons. The third kappa shape index (κ3) is 6.53. The van der Waals surface area contributed by atoms with Crippen LogP contribution in [-0.2, 0) is 4.79 Å². The molecule has 32 heavy (non-hydrogen) atoms. The van der Waals surface area contributed by atoms with Crippen molar-refractivity contribution in [3.8, 4) is 0 Å². The van der Waals surface area contributed by atoms with Crippen LogP contribution < -0.4 is 10.6 Å². The maximum atomic E-state index is 13.0. The minimum atomic E-state index is -0.243. The summed E-state index contributed by atoms with van der Waals surface area (Å²) in [4.78, 5) is 40.3. The summed E-state index contributed by atoms with van der Waals surface area (Å²) in [5.74, 6) is 1.90. The number of aryl methyl sites for hydroxylation is 1. The zero-order valence-corrected chi connectivity index (χ0v) is 20.3. The van der Waals surface area contributed by atoms with Crippen molar-refractivity contribution in [1.29, 1.82) is 0 Å². The molecule has 170 valence electrons. The van der Waals surface area contributed by atoms with Crippen LogP contribution in [0.3, 0.4) is 0 Å². The van der Waals surface area contributed by atoms with Gasteiger partial charge in [0, 0.05) is 46.8 Å². The van der Waals surface area contributed by atoms with Crippen LogP contribution in [0, 0.1) is 6.92 Å². The van der Waals surface area contributed by atoms with Crippen LogP contribution in [0.15, 0.2) is 47.4 Å². The number of amides is 3. The van der Waals surface area contributed by atoms with E-state index in [1.165, 1.54) is 11.8 Å². The van der Waals surface area contributed by atoms with Gasteiger partial charge < -0.3 is 15.5 Å². The molecule has 0 aliphatic carbocycles. The Labute approximate surface area is 197 Å². The highest BCUT2D eigenvalue weighted by molar-refractivity contribution is 8.00. The number of benzene rings is 2. The number of rotatable bonds is 7. The molecule has 3 rings (SSSR count). The molecule has 1 aliphatic rings. The van der Waals surface area contributed by atoms with Crippen molar-refractivity contribution in [1.82, 2.24) is 10.2 Å². The fourth-order valence-electron chi connectivity index (χ4n) is 3.36. The van der Waals surface area contributed by atoms with Crippen molar-refractivity contribution in [3.63, 3.8) is 0 Å². The van der Waals surface area contributed by atoms with Gasteiger partial charge >= 0.3 is 0 Å². The van der Waals surface area contributed by atoms with Gasteiger partial charge in [0.25, 0.3) is 11.8 Å². The van der Waals surface area contributed by atoms with E-state index in [4.69, 9.17) is 0 Å². The lowest BCUT2D eigenvalue weighted by Crippen LogP contribution is -2.37. The molecule has 0 spiro atoms. The summed E-state index contributed by atoms with van der Waals surface area (Å²) in [6.07, 6.45) is 0. The number of thioether (sulfide) groups is 2. The highest BCUT2D eigenvalue weighted by Gasteiger charge is 2.20. The van der Waals surface area contributed by atoms with E-state index in [9.17, 15) is 14.4 Å². The van der Waals surface area contributed by atoms with E-state index in [0.717, 1.165) is 35.1 Å². The van der Waals surface area contributed by atoms with E-state index >= 15 is 0 Å². The van der Waals surface area contributed by atoms with E-state index in [2.05, 4.69) is 10.6 Å². The van der Waals surface area contributed by atoms with Crippen molar-refractivity contribution < 1.29 is 14.4 Å². The van der Waals surface area contributed by atoms with Gasteiger partial charge in [0.2, 0.25) is 5.91 Å². The van der Waals surface area contributed by atoms with Crippen molar-refractivity contribution >= 4 is 46.9 Å². The van der Waals surface area contributed by atoms with Gasteiger partial charge in [-0.3, -0.25) is 14.4 Å². The Bertz CT molecular complexity index is 988. The van der Waals surface area contributed by atoms with Gasteiger partial charge in [-0.05, 0) is 56.7 Å². The van der Waals surface area contributed by atoms with Gasteiger partial charge in [-0.1, -0.05) is 12.1 Å². The Kier molecular flexibility index (Phi) is 8.64. The number of carbonyl (C=O) groups is 3. The molecule has 0 saturated carbocycles. The fraction of sp³-hybridized carbons (Fsp3) is 0.375. The van der Waals surface area contributed by atoms with E-state index < -0.39 is 0 Å². The van der Waals surface area contributed by atoms with Crippen LogP contribution in [-0.4, -0.2) is 59.0 Å². The molecule has 2 aromatic rings. The number of hydrogen-bond acceptors (Lipinski definition) is 5. The summed E-state index contributed by atoms with van der Waals surface area (Å²) in [6.45, 7) is 7.25. The Morgan fingerprint density at radius 3 is 2.50 bits per heavy atom. The largest absolute Gasteiger partial charge is 0.353 e. The third-order valence-corrected chi connectivity index (χ3v) is 6.98. The summed E-state index contributed by atoms with van der Waals surface area (Å²) >= 11 is 3.20. The Hall–Kier alpha value is -2.45. The third-order valence-electron chi connectivity index (χ3n) is 4.96. The van der Waals surface area contributed by atoms with Crippen LogP contribution in [0.4, 0.5) is 5.69 Å². The first-order valence-electron chi connectivity index (χ1n) is 10.7. The zero-order chi connectivity index (χ0) is 23.1. The first-order chi connectivity index (χ1) is 15.3.